The molecule has 2 heterocycles. The van der Waals surface area contributed by atoms with Crippen molar-refractivity contribution in [3.63, 3.8) is 0 Å². The van der Waals surface area contributed by atoms with Crippen LogP contribution in [0.4, 0.5) is 5.82 Å². The van der Waals surface area contributed by atoms with Gasteiger partial charge in [0.2, 0.25) is 5.91 Å². The molecule has 0 unspecified atom stereocenters. The molecule has 1 aromatic heterocycles. The fourth-order valence-corrected chi connectivity index (χ4v) is 4.25. The van der Waals surface area contributed by atoms with Crippen molar-refractivity contribution in [2.75, 3.05) is 24.5 Å². The molecule has 6 nitrogen and oxygen atoms in total. The quantitative estimate of drug-likeness (QED) is 0.591. The average Bonchev–Trinajstić information content (AvgIpc) is 2.77. The van der Waals surface area contributed by atoms with Crippen LogP contribution in [0.15, 0.2) is 42.5 Å². The SMILES string of the molecule is Cc1ccc2c(N3CCC(CC(=O)NCC(C)C)CC3)nc(-c3ccccc3O)nc2c1. The lowest BCUT2D eigenvalue weighted by Crippen LogP contribution is -2.37. The van der Waals surface area contributed by atoms with Crippen LogP contribution >= 0.6 is 0 Å². The highest BCUT2D eigenvalue weighted by atomic mass is 16.3. The molecule has 0 radical (unpaired) electrons. The Morgan fingerprint density at radius 1 is 1.16 bits per heavy atom. The lowest BCUT2D eigenvalue weighted by atomic mass is 9.93. The highest BCUT2D eigenvalue weighted by Crippen LogP contribution is 2.33. The molecule has 3 aromatic rings. The predicted octanol–water partition coefficient (Wildman–Crippen LogP) is 4.69. The number of rotatable bonds is 6. The first-order chi connectivity index (χ1) is 15.4. The van der Waals surface area contributed by atoms with E-state index in [1.54, 1.807) is 12.1 Å². The number of para-hydroxylation sites is 1. The second kappa shape index (κ2) is 9.55. The van der Waals surface area contributed by atoms with E-state index in [2.05, 4.69) is 49.2 Å². The molecule has 0 saturated carbocycles. The topological polar surface area (TPSA) is 78.4 Å². The van der Waals surface area contributed by atoms with Crippen LogP contribution in [0, 0.1) is 18.8 Å². The third-order valence-electron chi connectivity index (χ3n) is 6.07. The summed E-state index contributed by atoms with van der Waals surface area (Å²) in [6.45, 7) is 8.70. The van der Waals surface area contributed by atoms with Gasteiger partial charge in [-0.15, -0.1) is 0 Å². The molecular formula is C26H32N4O2. The fourth-order valence-electron chi connectivity index (χ4n) is 4.25. The summed E-state index contributed by atoms with van der Waals surface area (Å²) in [7, 11) is 0. The molecule has 1 amide bonds. The smallest absolute Gasteiger partial charge is 0.220 e. The van der Waals surface area contributed by atoms with Crippen LogP contribution in [-0.4, -0.2) is 40.6 Å². The van der Waals surface area contributed by atoms with Gasteiger partial charge in [-0.1, -0.05) is 32.0 Å². The Morgan fingerprint density at radius 2 is 1.91 bits per heavy atom. The molecule has 0 aliphatic carbocycles. The number of aromatic hydroxyl groups is 1. The number of phenols is 1. The number of nitrogens with one attached hydrogen (secondary N) is 1. The van der Waals surface area contributed by atoms with Gasteiger partial charge in [-0.2, -0.15) is 0 Å². The molecule has 0 bridgehead atoms. The van der Waals surface area contributed by atoms with Gasteiger partial charge < -0.3 is 15.3 Å². The molecule has 2 N–H and O–H groups in total. The number of hydrogen-bond acceptors (Lipinski definition) is 5. The molecule has 1 saturated heterocycles. The molecule has 0 spiro atoms. The normalized spacial score (nSPS) is 14.8. The van der Waals surface area contributed by atoms with Crippen LogP contribution < -0.4 is 10.2 Å². The Bertz CT molecular complexity index is 1100. The monoisotopic (exact) mass is 432 g/mol. The van der Waals surface area contributed by atoms with Crippen molar-refractivity contribution < 1.29 is 9.90 Å². The highest BCUT2D eigenvalue weighted by molar-refractivity contribution is 5.92. The van der Waals surface area contributed by atoms with E-state index in [9.17, 15) is 9.90 Å². The van der Waals surface area contributed by atoms with E-state index in [-0.39, 0.29) is 11.7 Å². The van der Waals surface area contributed by atoms with Crippen molar-refractivity contribution in [3.8, 4) is 17.1 Å². The first kappa shape index (κ1) is 22.1. The lowest BCUT2D eigenvalue weighted by molar-refractivity contribution is -0.122. The Kier molecular flexibility index (Phi) is 6.58. The van der Waals surface area contributed by atoms with Gasteiger partial charge in [-0.3, -0.25) is 4.79 Å². The number of carbonyl (C=O) groups is 1. The second-order valence-corrected chi connectivity index (χ2v) is 9.24. The Labute approximate surface area is 189 Å². The summed E-state index contributed by atoms with van der Waals surface area (Å²) >= 11 is 0. The number of anilines is 1. The molecule has 1 fully saturated rings. The first-order valence-electron chi connectivity index (χ1n) is 11.5. The maximum Gasteiger partial charge on any atom is 0.220 e. The maximum atomic E-state index is 12.2. The van der Waals surface area contributed by atoms with Gasteiger partial charge in [0.25, 0.3) is 0 Å². The number of piperidine rings is 1. The fraction of sp³-hybridized carbons (Fsp3) is 0.423. The zero-order valence-corrected chi connectivity index (χ0v) is 19.1. The minimum atomic E-state index is 0.155. The summed E-state index contributed by atoms with van der Waals surface area (Å²) in [5.41, 5.74) is 2.65. The van der Waals surface area contributed by atoms with Crippen molar-refractivity contribution in [1.82, 2.24) is 15.3 Å². The van der Waals surface area contributed by atoms with Crippen LogP contribution in [-0.2, 0) is 4.79 Å². The van der Waals surface area contributed by atoms with Crippen LogP contribution in [0.2, 0.25) is 0 Å². The minimum Gasteiger partial charge on any atom is -0.507 e. The number of nitrogens with zero attached hydrogens (tertiary/aromatic N) is 3. The van der Waals surface area contributed by atoms with Crippen molar-refractivity contribution >= 4 is 22.6 Å². The molecule has 1 aliphatic heterocycles. The molecule has 0 atom stereocenters. The van der Waals surface area contributed by atoms with Gasteiger partial charge in [-0.25, -0.2) is 9.97 Å². The van der Waals surface area contributed by atoms with Crippen molar-refractivity contribution in [3.05, 3.63) is 48.0 Å². The highest BCUT2D eigenvalue weighted by Gasteiger charge is 2.24. The van der Waals surface area contributed by atoms with E-state index in [4.69, 9.17) is 9.97 Å². The number of aryl methyl sites for hydroxylation is 1. The van der Waals surface area contributed by atoms with E-state index in [1.165, 1.54) is 0 Å². The summed E-state index contributed by atoms with van der Waals surface area (Å²) in [4.78, 5) is 24.2. The zero-order valence-electron chi connectivity index (χ0n) is 19.1. The first-order valence-corrected chi connectivity index (χ1v) is 11.5. The number of benzene rings is 2. The Morgan fingerprint density at radius 3 is 2.62 bits per heavy atom. The maximum absolute atomic E-state index is 12.2. The third-order valence-corrected chi connectivity index (χ3v) is 6.07. The minimum absolute atomic E-state index is 0.155. The van der Waals surface area contributed by atoms with Crippen LogP contribution in [0.5, 0.6) is 5.75 Å². The van der Waals surface area contributed by atoms with Gasteiger partial charge in [0.1, 0.15) is 11.6 Å². The standard InChI is InChI=1S/C26H32N4O2/c1-17(2)16-27-24(32)15-19-10-12-30(13-11-19)26-20-9-8-18(3)14-22(20)28-25(29-26)21-6-4-5-7-23(21)31/h4-9,14,17,19,31H,10-13,15-16H2,1-3H3,(H,27,32). The van der Waals surface area contributed by atoms with Gasteiger partial charge in [-0.05, 0) is 61.4 Å². The van der Waals surface area contributed by atoms with E-state index >= 15 is 0 Å². The molecule has 6 heteroatoms. The van der Waals surface area contributed by atoms with E-state index in [1.807, 2.05) is 12.1 Å². The summed E-state index contributed by atoms with van der Waals surface area (Å²) in [5.74, 6) is 2.63. The van der Waals surface area contributed by atoms with Crippen LogP contribution in [0.3, 0.4) is 0 Å². The molecule has 32 heavy (non-hydrogen) atoms. The molecule has 2 aromatic carbocycles. The summed E-state index contributed by atoms with van der Waals surface area (Å²) in [6, 6.07) is 13.4. The second-order valence-electron chi connectivity index (χ2n) is 9.24. The number of hydrogen-bond donors (Lipinski definition) is 2. The number of carbonyl (C=O) groups excluding carboxylic acids is 1. The molecular weight excluding hydrogens is 400 g/mol. The summed E-state index contributed by atoms with van der Waals surface area (Å²) < 4.78 is 0. The van der Waals surface area contributed by atoms with Crippen molar-refractivity contribution in [2.45, 2.75) is 40.0 Å². The van der Waals surface area contributed by atoms with E-state index in [0.29, 0.717) is 29.6 Å². The molecule has 1 aliphatic rings. The van der Waals surface area contributed by atoms with Crippen molar-refractivity contribution in [1.29, 1.82) is 0 Å². The number of fused-ring (bicyclic) bond motifs is 1. The van der Waals surface area contributed by atoms with Gasteiger partial charge in [0, 0.05) is 31.4 Å². The Balaban J connectivity index is 1.56. The van der Waals surface area contributed by atoms with Crippen LogP contribution in [0.1, 0.15) is 38.7 Å². The van der Waals surface area contributed by atoms with Gasteiger partial charge in [0.15, 0.2) is 5.82 Å². The average molecular weight is 433 g/mol. The van der Waals surface area contributed by atoms with Gasteiger partial charge >= 0.3 is 0 Å². The van der Waals surface area contributed by atoms with Gasteiger partial charge in [0.05, 0.1) is 11.1 Å². The largest absolute Gasteiger partial charge is 0.507 e. The third kappa shape index (κ3) is 5.01. The van der Waals surface area contributed by atoms with E-state index in [0.717, 1.165) is 54.8 Å². The lowest BCUT2D eigenvalue weighted by Gasteiger charge is -2.33. The number of phenolic OH excluding ortho intramolecular Hbond substituents is 1. The summed E-state index contributed by atoms with van der Waals surface area (Å²) in [5, 5.41) is 14.4. The molecule has 4 rings (SSSR count). The zero-order chi connectivity index (χ0) is 22.7. The molecule has 168 valence electrons. The number of aromatic nitrogens is 2. The van der Waals surface area contributed by atoms with Crippen LogP contribution in [0.25, 0.3) is 22.3 Å². The number of amides is 1. The van der Waals surface area contributed by atoms with Crippen molar-refractivity contribution in [2.24, 2.45) is 11.8 Å². The Hall–Kier alpha value is -3.15. The van der Waals surface area contributed by atoms with E-state index < -0.39 is 0 Å². The predicted molar refractivity (Wildman–Crippen MR) is 129 cm³/mol. The summed E-state index contributed by atoms with van der Waals surface area (Å²) in [6.07, 6.45) is 2.50.